The van der Waals surface area contributed by atoms with Gasteiger partial charge >= 0.3 is 6.03 Å². The Morgan fingerprint density at radius 1 is 1.17 bits per heavy atom. The molecule has 1 saturated heterocycles. The number of carbonyl (C=O) groups excluding carboxylic acids is 2. The molecule has 5 rings (SSSR count). The summed E-state index contributed by atoms with van der Waals surface area (Å²) in [5, 5.41) is 12.3. The molecule has 2 heterocycles. The summed E-state index contributed by atoms with van der Waals surface area (Å²) in [5.41, 5.74) is 4.57. The Kier molecular flexibility index (Phi) is 5.87. The summed E-state index contributed by atoms with van der Waals surface area (Å²) in [6.45, 7) is 2.69. The number of aryl methyl sites for hydroxylation is 1. The van der Waals surface area contributed by atoms with Crippen LogP contribution in [0.3, 0.4) is 0 Å². The van der Waals surface area contributed by atoms with Crippen LogP contribution < -0.4 is 15.0 Å². The summed E-state index contributed by atoms with van der Waals surface area (Å²) >= 11 is 1.46. The van der Waals surface area contributed by atoms with Crippen LogP contribution in [0.5, 0.6) is 5.75 Å². The maximum atomic E-state index is 14.1. The molecule has 0 saturated carbocycles. The second-order valence-corrected chi connectivity index (χ2v) is 9.82. The number of benzene rings is 3. The van der Waals surface area contributed by atoms with Gasteiger partial charge in [0.05, 0.1) is 31.0 Å². The molecule has 1 unspecified atom stereocenters. The van der Waals surface area contributed by atoms with E-state index in [1.807, 2.05) is 61.5 Å². The molecule has 2 aliphatic rings. The lowest BCUT2D eigenvalue weighted by Crippen LogP contribution is -2.51. The summed E-state index contributed by atoms with van der Waals surface area (Å²) in [5.74, 6) is 1.07. The van der Waals surface area contributed by atoms with Crippen LogP contribution in [0.4, 0.5) is 16.2 Å². The van der Waals surface area contributed by atoms with Gasteiger partial charge in [0.2, 0.25) is 0 Å². The van der Waals surface area contributed by atoms with E-state index < -0.39 is 4.87 Å². The first-order chi connectivity index (χ1) is 17.0. The highest BCUT2D eigenvalue weighted by molar-refractivity contribution is 8.01. The molecule has 1 atom stereocenters. The fourth-order valence-electron chi connectivity index (χ4n) is 4.71. The van der Waals surface area contributed by atoms with Crippen LogP contribution in [0.15, 0.2) is 66.7 Å². The Hall–Kier alpha value is -3.96. The fourth-order valence-corrected chi connectivity index (χ4v) is 6.17. The van der Waals surface area contributed by atoms with Crippen LogP contribution in [0.1, 0.15) is 22.3 Å². The van der Waals surface area contributed by atoms with Crippen LogP contribution in [-0.4, -0.2) is 36.2 Å². The van der Waals surface area contributed by atoms with Crippen LogP contribution in [0.2, 0.25) is 0 Å². The lowest BCUT2D eigenvalue weighted by molar-refractivity contribution is -0.123. The van der Waals surface area contributed by atoms with Crippen molar-refractivity contribution < 1.29 is 14.3 Å². The van der Waals surface area contributed by atoms with Crippen molar-refractivity contribution in [1.82, 2.24) is 4.90 Å². The normalized spacial score (nSPS) is 18.5. The van der Waals surface area contributed by atoms with E-state index in [-0.39, 0.29) is 11.9 Å². The summed E-state index contributed by atoms with van der Waals surface area (Å²) in [6, 6.07) is 22.2. The Morgan fingerprint density at radius 2 is 2.00 bits per heavy atom. The highest BCUT2D eigenvalue weighted by Gasteiger charge is 2.59. The second-order valence-electron chi connectivity index (χ2n) is 8.53. The maximum Gasteiger partial charge on any atom is 0.323 e. The van der Waals surface area contributed by atoms with Gasteiger partial charge in [0.25, 0.3) is 5.91 Å². The number of nitrogens with one attached hydrogen (secondary N) is 1. The third kappa shape index (κ3) is 3.88. The predicted molar refractivity (Wildman–Crippen MR) is 136 cm³/mol. The van der Waals surface area contributed by atoms with Gasteiger partial charge in [-0.3, -0.25) is 9.69 Å². The van der Waals surface area contributed by atoms with Crippen molar-refractivity contribution in [3.63, 3.8) is 0 Å². The molecule has 3 amide bonds. The molecular weight excluding hydrogens is 460 g/mol. The minimum absolute atomic E-state index is 0.176. The molecular formula is C27H24N4O3S. The number of urea groups is 1. The van der Waals surface area contributed by atoms with Gasteiger partial charge in [0.15, 0.2) is 4.87 Å². The van der Waals surface area contributed by atoms with Gasteiger partial charge in [-0.15, -0.1) is 11.8 Å². The minimum atomic E-state index is -1.19. The monoisotopic (exact) mass is 484 g/mol. The highest BCUT2D eigenvalue weighted by Crippen LogP contribution is 2.55. The SMILES string of the molecule is COc1ccc2c(c1)C1(SCCN1C(=O)Nc1cccc(C)c1)C(=O)N2Cc1cccc(C#N)c1. The molecule has 2 aliphatic heterocycles. The van der Waals surface area contributed by atoms with Crippen molar-refractivity contribution in [2.24, 2.45) is 0 Å². The van der Waals surface area contributed by atoms with E-state index in [1.165, 1.54) is 11.8 Å². The molecule has 3 aromatic rings. The second kappa shape index (κ2) is 9.01. The molecule has 0 bridgehead atoms. The third-order valence-electron chi connectivity index (χ3n) is 6.31. The van der Waals surface area contributed by atoms with Crippen molar-refractivity contribution in [2.45, 2.75) is 18.3 Å². The zero-order valence-electron chi connectivity index (χ0n) is 19.4. The van der Waals surface area contributed by atoms with Gasteiger partial charge < -0.3 is 15.0 Å². The van der Waals surface area contributed by atoms with Gasteiger partial charge in [0.1, 0.15) is 5.75 Å². The maximum absolute atomic E-state index is 14.1. The Bertz CT molecular complexity index is 1370. The topological polar surface area (TPSA) is 85.7 Å². The molecule has 0 aromatic heterocycles. The summed E-state index contributed by atoms with van der Waals surface area (Å²) in [7, 11) is 1.58. The van der Waals surface area contributed by atoms with Crippen LogP contribution in [0, 0.1) is 18.3 Å². The number of carbonyl (C=O) groups is 2. The van der Waals surface area contributed by atoms with E-state index in [0.717, 1.165) is 22.4 Å². The lowest BCUT2D eigenvalue weighted by Gasteiger charge is -2.33. The Morgan fingerprint density at radius 3 is 2.77 bits per heavy atom. The lowest BCUT2D eigenvalue weighted by atomic mass is 10.1. The van der Waals surface area contributed by atoms with Crippen molar-refractivity contribution in [2.75, 3.05) is 29.6 Å². The van der Waals surface area contributed by atoms with E-state index >= 15 is 0 Å². The molecule has 7 nitrogen and oxygen atoms in total. The van der Waals surface area contributed by atoms with Crippen molar-refractivity contribution in [3.8, 4) is 11.8 Å². The molecule has 1 N–H and O–H groups in total. The van der Waals surface area contributed by atoms with Crippen LogP contribution in [-0.2, 0) is 16.2 Å². The molecule has 3 aromatic carbocycles. The molecule has 8 heteroatoms. The number of hydrogen-bond acceptors (Lipinski definition) is 5. The van der Waals surface area contributed by atoms with E-state index in [4.69, 9.17) is 4.74 Å². The number of methoxy groups -OCH3 is 1. The van der Waals surface area contributed by atoms with Gasteiger partial charge in [-0.1, -0.05) is 24.3 Å². The average Bonchev–Trinajstić information content (AvgIpc) is 3.41. The fraction of sp³-hybridized carbons (Fsp3) is 0.222. The number of amides is 3. The first-order valence-electron chi connectivity index (χ1n) is 11.2. The van der Waals surface area contributed by atoms with Crippen molar-refractivity contribution in [1.29, 1.82) is 5.26 Å². The Balaban J connectivity index is 1.55. The number of fused-ring (bicyclic) bond motifs is 2. The van der Waals surface area contributed by atoms with E-state index in [2.05, 4.69) is 11.4 Å². The number of nitrogens with zero attached hydrogens (tertiary/aromatic N) is 3. The number of anilines is 2. The largest absolute Gasteiger partial charge is 0.497 e. The van der Waals surface area contributed by atoms with Crippen LogP contribution >= 0.6 is 11.8 Å². The number of rotatable bonds is 4. The summed E-state index contributed by atoms with van der Waals surface area (Å²) < 4.78 is 5.47. The Labute approximate surface area is 208 Å². The average molecular weight is 485 g/mol. The molecule has 1 spiro atoms. The zero-order chi connectivity index (χ0) is 24.6. The minimum Gasteiger partial charge on any atom is -0.497 e. The quantitative estimate of drug-likeness (QED) is 0.572. The summed E-state index contributed by atoms with van der Waals surface area (Å²) in [4.78, 5) is 29.8. The van der Waals surface area contributed by atoms with E-state index in [0.29, 0.717) is 35.8 Å². The van der Waals surface area contributed by atoms with Gasteiger partial charge in [-0.05, 0) is 60.5 Å². The van der Waals surface area contributed by atoms with Crippen molar-refractivity contribution >= 4 is 35.1 Å². The molecule has 35 heavy (non-hydrogen) atoms. The van der Waals surface area contributed by atoms with E-state index in [9.17, 15) is 14.9 Å². The number of ether oxygens (including phenoxy) is 1. The first kappa shape index (κ1) is 22.8. The highest BCUT2D eigenvalue weighted by atomic mass is 32.2. The van der Waals surface area contributed by atoms with Crippen molar-refractivity contribution in [3.05, 3.63) is 89.0 Å². The molecule has 176 valence electrons. The van der Waals surface area contributed by atoms with Gasteiger partial charge in [-0.25, -0.2) is 4.79 Å². The smallest absolute Gasteiger partial charge is 0.323 e. The number of hydrogen-bond donors (Lipinski definition) is 1. The van der Waals surface area contributed by atoms with E-state index in [1.54, 1.807) is 29.0 Å². The molecule has 0 radical (unpaired) electrons. The summed E-state index contributed by atoms with van der Waals surface area (Å²) in [6.07, 6.45) is 0. The molecule has 0 aliphatic carbocycles. The number of thioether (sulfide) groups is 1. The third-order valence-corrected chi connectivity index (χ3v) is 7.73. The number of nitriles is 1. The molecule has 1 fully saturated rings. The standard InChI is InChI=1S/C27H24N4O3S/c1-18-5-3-8-21(13-18)29-26(33)31-11-12-35-27(31)23-15-22(34-2)9-10-24(23)30(25(27)32)17-20-7-4-6-19(14-20)16-28/h3-10,13-15H,11-12,17H2,1-2H3,(H,29,33). The van der Waals surface area contributed by atoms with Gasteiger partial charge in [0, 0.05) is 23.5 Å². The van der Waals surface area contributed by atoms with Gasteiger partial charge in [-0.2, -0.15) is 5.26 Å². The van der Waals surface area contributed by atoms with Crippen LogP contribution in [0.25, 0.3) is 0 Å². The first-order valence-corrected chi connectivity index (χ1v) is 12.2. The predicted octanol–water partition coefficient (Wildman–Crippen LogP) is 4.86. The zero-order valence-corrected chi connectivity index (χ0v) is 20.3.